The predicted molar refractivity (Wildman–Crippen MR) is 95.4 cm³/mol. The van der Waals surface area contributed by atoms with E-state index in [4.69, 9.17) is 4.74 Å². The van der Waals surface area contributed by atoms with Crippen molar-refractivity contribution in [3.8, 4) is 0 Å². The van der Waals surface area contributed by atoms with Crippen molar-refractivity contribution >= 4 is 29.9 Å². The second-order valence-corrected chi connectivity index (χ2v) is 5.82. The Balaban J connectivity index is 0.00000176. The number of aryl methyl sites for hydroxylation is 1. The molecule has 2 heterocycles. The maximum Gasteiger partial charge on any atom is 0.192 e. The molecule has 7 nitrogen and oxygen atoms in total. The van der Waals surface area contributed by atoms with Gasteiger partial charge in [-0.3, -0.25) is 0 Å². The molecule has 1 unspecified atom stereocenters. The zero-order valence-electron chi connectivity index (χ0n) is 13.2. The van der Waals surface area contributed by atoms with Gasteiger partial charge in [-0.05, 0) is 32.6 Å². The Morgan fingerprint density at radius 2 is 2.18 bits per heavy atom. The number of hydrogen-bond acceptors (Lipinski definition) is 4. The second-order valence-electron chi connectivity index (χ2n) is 5.82. The molecule has 2 N–H and O–H groups in total. The monoisotopic (exact) mass is 420 g/mol. The zero-order valence-corrected chi connectivity index (χ0v) is 15.5. The van der Waals surface area contributed by atoms with Crippen molar-refractivity contribution in [1.29, 1.82) is 0 Å². The van der Waals surface area contributed by atoms with Gasteiger partial charge in [0.2, 0.25) is 0 Å². The zero-order chi connectivity index (χ0) is 14.7. The topological polar surface area (TPSA) is 76.4 Å². The van der Waals surface area contributed by atoms with Gasteiger partial charge in [0.05, 0.1) is 6.10 Å². The van der Waals surface area contributed by atoms with Crippen LogP contribution in [-0.2, 0) is 18.3 Å². The van der Waals surface area contributed by atoms with Crippen LogP contribution in [0.1, 0.15) is 37.3 Å². The molecule has 124 valence electrons. The van der Waals surface area contributed by atoms with E-state index >= 15 is 0 Å². The first kappa shape index (κ1) is 17.5. The maximum atomic E-state index is 5.64. The van der Waals surface area contributed by atoms with Crippen LogP contribution in [0.3, 0.4) is 0 Å². The van der Waals surface area contributed by atoms with Gasteiger partial charge in [-0.15, -0.1) is 34.2 Å². The van der Waals surface area contributed by atoms with Gasteiger partial charge in [0, 0.05) is 26.2 Å². The maximum absolute atomic E-state index is 5.64. The highest BCUT2D eigenvalue weighted by molar-refractivity contribution is 14.0. The molecule has 2 fully saturated rings. The summed E-state index contributed by atoms with van der Waals surface area (Å²) in [5.41, 5.74) is 0. The van der Waals surface area contributed by atoms with E-state index in [2.05, 4.69) is 25.8 Å². The second kappa shape index (κ2) is 8.09. The molecule has 8 heteroatoms. The van der Waals surface area contributed by atoms with Crippen LogP contribution in [0.25, 0.3) is 0 Å². The lowest BCUT2D eigenvalue weighted by Gasteiger charge is -2.15. The van der Waals surface area contributed by atoms with Crippen molar-refractivity contribution in [3.63, 3.8) is 0 Å². The lowest BCUT2D eigenvalue weighted by atomic mass is 10.2. The summed E-state index contributed by atoms with van der Waals surface area (Å²) >= 11 is 0. The fourth-order valence-corrected chi connectivity index (χ4v) is 2.33. The van der Waals surface area contributed by atoms with E-state index < -0.39 is 0 Å². The van der Waals surface area contributed by atoms with E-state index in [0.29, 0.717) is 18.7 Å². The minimum Gasteiger partial charge on any atom is -0.376 e. The van der Waals surface area contributed by atoms with Crippen LogP contribution in [0.5, 0.6) is 0 Å². The number of ether oxygens (including phenoxy) is 1. The van der Waals surface area contributed by atoms with Crippen LogP contribution in [0, 0.1) is 6.92 Å². The van der Waals surface area contributed by atoms with Gasteiger partial charge >= 0.3 is 0 Å². The number of rotatable bonds is 5. The van der Waals surface area contributed by atoms with E-state index in [9.17, 15) is 0 Å². The first-order chi connectivity index (χ1) is 10.2. The largest absolute Gasteiger partial charge is 0.376 e. The number of hydrogen-bond donors (Lipinski definition) is 2. The number of guanidine groups is 1. The van der Waals surface area contributed by atoms with Gasteiger partial charge in [0.25, 0.3) is 0 Å². The van der Waals surface area contributed by atoms with Crippen molar-refractivity contribution in [1.82, 2.24) is 25.4 Å². The third-order valence-electron chi connectivity index (χ3n) is 4.00. The molecule has 0 bridgehead atoms. The van der Waals surface area contributed by atoms with Gasteiger partial charge in [-0.25, -0.2) is 4.99 Å². The Labute approximate surface area is 148 Å². The Kier molecular flexibility index (Phi) is 6.42. The number of aliphatic imine (C=N–C) groups is 1. The lowest BCUT2D eigenvalue weighted by Crippen LogP contribution is -2.42. The number of halogens is 1. The highest BCUT2D eigenvalue weighted by atomic mass is 127. The van der Waals surface area contributed by atoms with Crippen molar-refractivity contribution in [2.75, 3.05) is 13.2 Å². The fourth-order valence-electron chi connectivity index (χ4n) is 2.33. The average Bonchev–Trinajstić information content (AvgIpc) is 3.03. The van der Waals surface area contributed by atoms with E-state index in [1.54, 1.807) is 0 Å². The molecule has 0 spiro atoms. The molecule has 0 amide bonds. The molecule has 1 aliphatic carbocycles. The first-order valence-corrected chi connectivity index (χ1v) is 7.73. The minimum atomic E-state index is 0. The molecule has 1 saturated heterocycles. The minimum absolute atomic E-state index is 0. The normalized spacial score (nSPS) is 21.5. The fraction of sp³-hybridized carbons (Fsp3) is 0.786. The summed E-state index contributed by atoms with van der Waals surface area (Å²) in [5, 5.41) is 15.0. The van der Waals surface area contributed by atoms with Gasteiger partial charge in [-0.1, -0.05) is 0 Å². The summed E-state index contributed by atoms with van der Waals surface area (Å²) in [6.45, 7) is 4.17. The summed E-state index contributed by atoms with van der Waals surface area (Å²) in [6, 6.07) is 0.571. The quantitative estimate of drug-likeness (QED) is 0.424. The smallest absolute Gasteiger partial charge is 0.192 e. The summed E-state index contributed by atoms with van der Waals surface area (Å²) in [7, 11) is 1.97. The van der Waals surface area contributed by atoms with Gasteiger partial charge in [0.15, 0.2) is 11.8 Å². The number of nitrogens with zero attached hydrogens (tertiary/aromatic N) is 4. The number of aromatic nitrogens is 3. The van der Waals surface area contributed by atoms with Crippen molar-refractivity contribution < 1.29 is 4.74 Å². The molecule has 1 atom stereocenters. The summed E-state index contributed by atoms with van der Waals surface area (Å²) in [6.07, 6.45) is 5.06. The molecule has 1 aromatic heterocycles. The third kappa shape index (κ3) is 4.80. The summed E-state index contributed by atoms with van der Waals surface area (Å²) < 4.78 is 7.61. The van der Waals surface area contributed by atoms with Gasteiger partial charge in [0.1, 0.15) is 12.4 Å². The predicted octanol–water partition coefficient (Wildman–Crippen LogP) is 1.12. The Hall–Kier alpha value is -0.900. The molecule has 1 saturated carbocycles. The standard InChI is InChI=1S/C14H24N6O.HI/c1-10-18-19-13(20(10)2)9-16-14(17-11-5-6-11)15-8-12-4-3-7-21-12;/h11-12H,3-9H2,1-2H3,(H2,15,16,17);1H. The van der Waals surface area contributed by atoms with E-state index in [1.165, 1.54) is 12.8 Å². The van der Waals surface area contributed by atoms with Crippen molar-refractivity contribution in [3.05, 3.63) is 11.6 Å². The van der Waals surface area contributed by atoms with Crippen LogP contribution in [0.2, 0.25) is 0 Å². The Bertz CT molecular complexity index is 507. The van der Waals surface area contributed by atoms with Gasteiger partial charge < -0.3 is 19.9 Å². The highest BCUT2D eigenvalue weighted by Crippen LogP contribution is 2.18. The Morgan fingerprint density at radius 3 is 2.77 bits per heavy atom. The van der Waals surface area contributed by atoms with Crippen LogP contribution < -0.4 is 10.6 Å². The average molecular weight is 420 g/mol. The molecular formula is C14H25IN6O. The Morgan fingerprint density at radius 1 is 1.36 bits per heavy atom. The van der Waals surface area contributed by atoms with Gasteiger partial charge in [-0.2, -0.15) is 0 Å². The molecular weight excluding hydrogens is 395 g/mol. The molecule has 1 aromatic rings. The molecule has 0 radical (unpaired) electrons. The number of nitrogens with one attached hydrogen (secondary N) is 2. The van der Waals surface area contributed by atoms with E-state index in [1.807, 2.05) is 18.5 Å². The van der Waals surface area contributed by atoms with Crippen LogP contribution >= 0.6 is 24.0 Å². The van der Waals surface area contributed by atoms with Crippen LogP contribution in [0.4, 0.5) is 0 Å². The van der Waals surface area contributed by atoms with Crippen LogP contribution in [0.15, 0.2) is 4.99 Å². The lowest BCUT2D eigenvalue weighted by molar-refractivity contribution is 0.113. The first-order valence-electron chi connectivity index (χ1n) is 7.73. The van der Waals surface area contributed by atoms with Crippen molar-refractivity contribution in [2.24, 2.45) is 12.0 Å². The van der Waals surface area contributed by atoms with Crippen molar-refractivity contribution in [2.45, 2.75) is 51.3 Å². The summed E-state index contributed by atoms with van der Waals surface area (Å²) in [4.78, 5) is 4.62. The summed E-state index contributed by atoms with van der Waals surface area (Å²) in [5.74, 6) is 2.64. The third-order valence-corrected chi connectivity index (χ3v) is 4.00. The SMILES string of the molecule is Cc1nnc(CN=C(NCC2CCCO2)NC2CC2)n1C.I. The molecule has 0 aromatic carbocycles. The molecule has 22 heavy (non-hydrogen) atoms. The highest BCUT2D eigenvalue weighted by Gasteiger charge is 2.23. The van der Waals surface area contributed by atoms with E-state index in [-0.39, 0.29) is 24.0 Å². The van der Waals surface area contributed by atoms with E-state index in [0.717, 1.165) is 43.6 Å². The molecule has 1 aliphatic heterocycles. The molecule has 2 aliphatic rings. The van der Waals surface area contributed by atoms with Crippen LogP contribution in [-0.4, -0.2) is 46.0 Å². The molecule has 3 rings (SSSR count).